The Morgan fingerprint density at radius 2 is 2.00 bits per heavy atom. The summed E-state index contributed by atoms with van der Waals surface area (Å²) in [7, 11) is 0. The summed E-state index contributed by atoms with van der Waals surface area (Å²) in [6, 6.07) is 5.46. The van der Waals surface area contributed by atoms with Gasteiger partial charge in [-0.05, 0) is 19.1 Å². The second kappa shape index (κ2) is 5.43. The van der Waals surface area contributed by atoms with Crippen molar-refractivity contribution in [2.75, 3.05) is 11.9 Å². The minimum Gasteiger partial charge on any atom is -0.381 e. The molecule has 0 aliphatic carbocycles. The standard InChI is InChI=1S/C12H13Cl2N3/c1-9-15-5-7-17(9)8-6-16-12-10(13)3-2-4-11(12)14/h2-5,7,16H,6,8H2,1H3. The molecule has 0 saturated carbocycles. The summed E-state index contributed by atoms with van der Waals surface area (Å²) in [5.74, 6) is 0.997. The number of aromatic nitrogens is 2. The lowest BCUT2D eigenvalue weighted by Gasteiger charge is -2.11. The summed E-state index contributed by atoms with van der Waals surface area (Å²) in [5.41, 5.74) is 0.786. The van der Waals surface area contributed by atoms with Gasteiger partial charge in [0.25, 0.3) is 0 Å². The fourth-order valence-corrected chi connectivity index (χ4v) is 2.14. The van der Waals surface area contributed by atoms with E-state index in [1.54, 1.807) is 6.20 Å². The molecule has 0 amide bonds. The maximum Gasteiger partial charge on any atom is 0.105 e. The van der Waals surface area contributed by atoms with Crippen LogP contribution in [-0.4, -0.2) is 16.1 Å². The average molecular weight is 270 g/mol. The molecule has 5 heteroatoms. The van der Waals surface area contributed by atoms with Gasteiger partial charge < -0.3 is 9.88 Å². The van der Waals surface area contributed by atoms with E-state index in [0.29, 0.717) is 10.0 Å². The molecule has 0 unspecified atom stereocenters. The first-order chi connectivity index (χ1) is 8.18. The molecule has 1 aromatic heterocycles. The van der Waals surface area contributed by atoms with Crippen molar-refractivity contribution in [2.24, 2.45) is 0 Å². The van der Waals surface area contributed by atoms with Crippen molar-refractivity contribution < 1.29 is 0 Å². The van der Waals surface area contributed by atoms with Crippen molar-refractivity contribution in [3.8, 4) is 0 Å². The lowest BCUT2D eigenvalue weighted by Crippen LogP contribution is -2.11. The van der Waals surface area contributed by atoms with Gasteiger partial charge in [0, 0.05) is 25.5 Å². The summed E-state index contributed by atoms with van der Waals surface area (Å²) < 4.78 is 2.07. The zero-order valence-corrected chi connectivity index (χ0v) is 11.0. The summed E-state index contributed by atoms with van der Waals surface area (Å²) >= 11 is 12.1. The van der Waals surface area contributed by atoms with Gasteiger partial charge in [-0.2, -0.15) is 0 Å². The molecule has 90 valence electrons. The zero-order chi connectivity index (χ0) is 12.3. The molecule has 2 rings (SSSR count). The number of anilines is 1. The highest BCUT2D eigenvalue weighted by atomic mass is 35.5. The molecule has 2 aromatic rings. The number of aryl methyl sites for hydroxylation is 1. The van der Waals surface area contributed by atoms with Gasteiger partial charge in [0.15, 0.2) is 0 Å². The van der Waals surface area contributed by atoms with Gasteiger partial charge in [0.05, 0.1) is 15.7 Å². The van der Waals surface area contributed by atoms with Gasteiger partial charge in [0.1, 0.15) is 5.82 Å². The van der Waals surface area contributed by atoms with E-state index >= 15 is 0 Å². The highest BCUT2D eigenvalue weighted by Crippen LogP contribution is 2.29. The Hall–Kier alpha value is -1.19. The summed E-state index contributed by atoms with van der Waals surface area (Å²) in [5, 5.41) is 4.51. The monoisotopic (exact) mass is 269 g/mol. The fourth-order valence-electron chi connectivity index (χ4n) is 1.61. The van der Waals surface area contributed by atoms with Crippen molar-refractivity contribution in [1.82, 2.24) is 9.55 Å². The topological polar surface area (TPSA) is 29.9 Å². The number of nitrogens with zero attached hydrogens (tertiary/aromatic N) is 2. The van der Waals surface area contributed by atoms with Gasteiger partial charge in [-0.25, -0.2) is 4.98 Å². The predicted molar refractivity (Wildman–Crippen MR) is 71.9 cm³/mol. The third kappa shape index (κ3) is 2.93. The molecule has 1 aromatic carbocycles. The molecule has 0 spiro atoms. The van der Waals surface area contributed by atoms with Crippen molar-refractivity contribution in [3.63, 3.8) is 0 Å². The Morgan fingerprint density at radius 1 is 1.29 bits per heavy atom. The van der Waals surface area contributed by atoms with Gasteiger partial charge in [-0.1, -0.05) is 29.3 Å². The molecule has 1 heterocycles. The summed E-state index contributed by atoms with van der Waals surface area (Å²) in [4.78, 5) is 4.16. The zero-order valence-electron chi connectivity index (χ0n) is 9.45. The number of hydrogen-bond acceptors (Lipinski definition) is 2. The lowest BCUT2D eigenvalue weighted by atomic mass is 10.3. The number of nitrogens with one attached hydrogen (secondary N) is 1. The molecule has 1 N–H and O–H groups in total. The normalized spacial score (nSPS) is 10.5. The maximum atomic E-state index is 6.06. The minimum absolute atomic E-state index is 0.639. The van der Waals surface area contributed by atoms with E-state index in [0.717, 1.165) is 24.6 Å². The van der Waals surface area contributed by atoms with Crippen LogP contribution in [-0.2, 0) is 6.54 Å². The smallest absolute Gasteiger partial charge is 0.105 e. The third-order valence-corrected chi connectivity index (χ3v) is 3.17. The molecule has 0 radical (unpaired) electrons. The van der Waals surface area contributed by atoms with Crippen molar-refractivity contribution in [1.29, 1.82) is 0 Å². The predicted octanol–water partition coefficient (Wildman–Crippen LogP) is 3.61. The highest BCUT2D eigenvalue weighted by Gasteiger charge is 2.04. The Kier molecular flexibility index (Phi) is 3.92. The van der Waals surface area contributed by atoms with Crippen LogP contribution in [0.4, 0.5) is 5.69 Å². The number of para-hydroxylation sites is 1. The lowest BCUT2D eigenvalue weighted by molar-refractivity contribution is 0.701. The number of benzene rings is 1. The molecule has 0 aliphatic rings. The van der Waals surface area contributed by atoms with Crippen LogP contribution in [0.15, 0.2) is 30.6 Å². The second-order valence-electron chi connectivity index (χ2n) is 3.69. The van der Waals surface area contributed by atoms with Crippen molar-refractivity contribution in [3.05, 3.63) is 46.5 Å². The first kappa shape index (κ1) is 12.3. The number of rotatable bonds is 4. The van der Waals surface area contributed by atoms with Gasteiger partial charge in [-0.3, -0.25) is 0 Å². The fraction of sp³-hybridized carbons (Fsp3) is 0.250. The van der Waals surface area contributed by atoms with E-state index in [-0.39, 0.29) is 0 Å². The highest BCUT2D eigenvalue weighted by molar-refractivity contribution is 6.39. The molecule has 0 saturated heterocycles. The van der Waals surface area contributed by atoms with E-state index in [1.807, 2.05) is 31.3 Å². The van der Waals surface area contributed by atoms with E-state index in [9.17, 15) is 0 Å². The Balaban J connectivity index is 1.97. The molecule has 0 aliphatic heterocycles. The van der Waals surface area contributed by atoms with Crippen LogP contribution in [0.5, 0.6) is 0 Å². The van der Waals surface area contributed by atoms with Crippen molar-refractivity contribution in [2.45, 2.75) is 13.5 Å². The Labute approximate surface area is 110 Å². The maximum absolute atomic E-state index is 6.06. The quantitative estimate of drug-likeness (QED) is 0.919. The average Bonchev–Trinajstić information content (AvgIpc) is 2.69. The van der Waals surface area contributed by atoms with Crippen LogP contribution in [0.25, 0.3) is 0 Å². The Bertz CT molecular complexity index is 488. The summed E-state index contributed by atoms with van der Waals surface area (Å²) in [6.07, 6.45) is 3.74. The number of imidazole rings is 1. The molecule has 0 atom stereocenters. The Morgan fingerprint density at radius 3 is 2.59 bits per heavy atom. The van der Waals surface area contributed by atoms with E-state index in [1.165, 1.54) is 0 Å². The molecule has 17 heavy (non-hydrogen) atoms. The van der Waals surface area contributed by atoms with Gasteiger partial charge in [-0.15, -0.1) is 0 Å². The van der Waals surface area contributed by atoms with Gasteiger partial charge >= 0.3 is 0 Å². The molecular formula is C12H13Cl2N3. The van der Waals surface area contributed by atoms with E-state index < -0.39 is 0 Å². The van der Waals surface area contributed by atoms with E-state index in [2.05, 4.69) is 14.9 Å². The molecule has 3 nitrogen and oxygen atoms in total. The van der Waals surface area contributed by atoms with Crippen LogP contribution in [0.3, 0.4) is 0 Å². The van der Waals surface area contributed by atoms with Crippen LogP contribution in [0.1, 0.15) is 5.82 Å². The minimum atomic E-state index is 0.639. The molecule has 0 fully saturated rings. The molecular weight excluding hydrogens is 257 g/mol. The number of halogens is 2. The molecule has 0 bridgehead atoms. The van der Waals surface area contributed by atoms with E-state index in [4.69, 9.17) is 23.2 Å². The SMILES string of the molecule is Cc1nccn1CCNc1c(Cl)cccc1Cl. The van der Waals surface area contributed by atoms with Crippen LogP contribution < -0.4 is 5.32 Å². The van der Waals surface area contributed by atoms with Crippen LogP contribution >= 0.6 is 23.2 Å². The van der Waals surface area contributed by atoms with Gasteiger partial charge in [0.2, 0.25) is 0 Å². The largest absolute Gasteiger partial charge is 0.381 e. The first-order valence-electron chi connectivity index (χ1n) is 5.34. The third-order valence-electron chi connectivity index (χ3n) is 2.54. The van der Waals surface area contributed by atoms with Crippen molar-refractivity contribution >= 4 is 28.9 Å². The second-order valence-corrected chi connectivity index (χ2v) is 4.51. The van der Waals surface area contributed by atoms with Crippen LogP contribution in [0.2, 0.25) is 10.0 Å². The number of hydrogen-bond donors (Lipinski definition) is 1. The first-order valence-corrected chi connectivity index (χ1v) is 6.09. The van der Waals surface area contributed by atoms with Crippen LogP contribution in [0, 0.1) is 6.92 Å². The summed E-state index contributed by atoms with van der Waals surface area (Å²) in [6.45, 7) is 3.55.